The summed E-state index contributed by atoms with van der Waals surface area (Å²) in [5.74, 6) is 0. The molecule has 1 unspecified atom stereocenters. The van der Waals surface area contributed by atoms with E-state index in [-0.39, 0.29) is 5.41 Å². The average molecular weight is 298 g/mol. The summed E-state index contributed by atoms with van der Waals surface area (Å²) in [6.07, 6.45) is 0. The molecule has 0 aliphatic heterocycles. The lowest BCUT2D eigenvalue weighted by Crippen LogP contribution is -2.32. The Balaban J connectivity index is 2.60. The van der Waals surface area contributed by atoms with E-state index in [1.54, 1.807) is 0 Å². The third kappa shape index (κ3) is 4.83. The Morgan fingerprint density at radius 3 is 2.30 bits per heavy atom. The van der Waals surface area contributed by atoms with Crippen molar-refractivity contribution in [2.75, 3.05) is 26.2 Å². The van der Waals surface area contributed by atoms with Crippen molar-refractivity contribution < 1.29 is 0 Å². The number of thiazole rings is 1. The van der Waals surface area contributed by atoms with E-state index in [0.29, 0.717) is 6.04 Å². The largest absolute Gasteiger partial charge is 0.308 e. The standard InChI is InChI=1S/C16H31N3S/c1-8-19(9-2)11-10-17-12(3)14-13(4)18-15(20-14)16(5,6)7/h12,17H,8-11H2,1-7H3. The second kappa shape index (κ2) is 7.53. The summed E-state index contributed by atoms with van der Waals surface area (Å²) in [7, 11) is 0. The van der Waals surface area contributed by atoms with Gasteiger partial charge in [-0.3, -0.25) is 0 Å². The van der Waals surface area contributed by atoms with Gasteiger partial charge in [-0.2, -0.15) is 0 Å². The zero-order valence-electron chi connectivity index (χ0n) is 14.2. The summed E-state index contributed by atoms with van der Waals surface area (Å²) >= 11 is 1.86. The summed E-state index contributed by atoms with van der Waals surface area (Å²) < 4.78 is 0. The van der Waals surface area contributed by atoms with Crippen molar-refractivity contribution in [2.45, 2.75) is 59.9 Å². The van der Waals surface area contributed by atoms with Gasteiger partial charge in [0.2, 0.25) is 0 Å². The molecule has 0 fully saturated rings. The summed E-state index contributed by atoms with van der Waals surface area (Å²) in [4.78, 5) is 8.57. The molecule has 0 radical (unpaired) electrons. The molecular formula is C16H31N3S. The molecule has 3 nitrogen and oxygen atoms in total. The maximum atomic E-state index is 4.75. The van der Waals surface area contributed by atoms with E-state index in [1.165, 1.54) is 15.6 Å². The van der Waals surface area contributed by atoms with Gasteiger partial charge < -0.3 is 10.2 Å². The van der Waals surface area contributed by atoms with Crippen molar-refractivity contribution in [3.63, 3.8) is 0 Å². The van der Waals surface area contributed by atoms with Gasteiger partial charge in [-0.25, -0.2) is 4.98 Å². The molecule has 0 amide bonds. The smallest absolute Gasteiger partial charge is 0.0985 e. The minimum Gasteiger partial charge on any atom is -0.308 e. The van der Waals surface area contributed by atoms with E-state index >= 15 is 0 Å². The van der Waals surface area contributed by atoms with E-state index in [0.717, 1.165) is 26.2 Å². The number of rotatable bonds is 7. The first-order chi connectivity index (χ1) is 9.29. The fraction of sp³-hybridized carbons (Fsp3) is 0.812. The Morgan fingerprint density at radius 2 is 1.85 bits per heavy atom. The number of likely N-dealkylation sites (N-methyl/N-ethyl adjacent to an activating group) is 1. The lowest BCUT2D eigenvalue weighted by atomic mass is 9.98. The zero-order valence-corrected chi connectivity index (χ0v) is 15.0. The summed E-state index contributed by atoms with van der Waals surface area (Å²) in [6.45, 7) is 19.9. The SMILES string of the molecule is CCN(CC)CCNC(C)c1sc(C(C)(C)C)nc1C. The highest BCUT2D eigenvalue weighted by Crippen LogP contribution is 2.32. The number of nitrogens with zero attached hydrogens (tertiary/aromatic N) is 2. The van der Waals surface area contributed by atoms with Gasteiger partial charge in [-0.15, -0.1) is 11.3 Å². The zero-order chi connectivity index (χ0) is 15.3. The van der Waals surface area contributed by atoms with Crippen molar-refractivity contribution in [1.29, 1.82) is 0 Å². The average Bonchev–Trinajstić information content (AvgIpc) is 2.76. The number of aryl methyl sites for hydroxylation is 1. The van der Waals surface area contributed by atoms with Gasteiger partial charge in [0, 0.05) is 29.4 Å². The van der Waals surface area contributed by atoms with Gasteiger partial charge >= 0.3 is 0 Å². The van der Waals surface area contributed by atoms with Gasteiger partial charge in [0.15, 0.2) is 0 Å². The third-order valence-electron chi connectivity index (χ3n) is 3.64. The summed E-state index contributed by atoms with van der Waals surface area (Å²) in [5.41, 5.74) is 1.33. The highest BCUT2D eigenvalue weighted by atomic mass is 32.1. The van der Waals surface area contributed by atoms with Gasteiger partial charge in [0.05, 0.1) is 10.7 Å². The van der Waals surface area contributed by atoms with Crippen LogP contribution in [0.4, 0.5) is 0 Å². The third-order valence-corrected chi connectivity index (χ3v) is 5.41. The van der Waals surface area contributed by atoms with Crippen LogP contribution in [0.25, 0.3) is 0 Å². The maximum Gasteiger partial charge on any atom is 0.0985 e. The lowest BCUT2D eigenvalue weighted by Gasteiger charge is -2.20. The molecule has 0 saturated carbocycles. The Bertz CT molecular complexity index is 402. The van der Waals surface area contributed by atoms with Crippen LogP contribution in [0, 0.1) is 6.92 Å². The number of hydrogen-bond acceptors (Lipinski definition) is 4. The van der Waals surface area contributed by atoms with Crippen molar-refractivity contribution in [2.24, 2.45) is 0 Å². The van der Waals surface area contributed by atoms with Crippen LogP contribution in [0.15, 0.2) is 0 Å². The fourth-order valence-corrected chi connectivity index (χ4v) is 3.35. The minimum atomic E-state index is 0.147. The van der Waals surface area contributed by atoms with E-state index in [9.17, 15) is 0 Å². The monoisotopic (exact) mass is 297 g/mol. The van der Waals surface area contributed by atoms with Gasteiger partial charge in [-0.05, 0) is 26.9 Å². The van der Waals surface area contributed by atoms with E-state index in [1.807, 2.05) is 11.3 Å². The van der Waals surface area contributed by atoms with Gasteiger partial charge in [0.25, 0.3) is 0 Å². The predicted molar refractivity (Wildman–Crippen MR) is 89.8 cm³/mol. The molecule has 1 rings (SSSR count). The first-order valence-electron chi connectivity index (χ1n) is 7.73. The molecule has 4 heteroatoms. The molecule has 1 atom stereocenters. The molecule has 1 N–H and O–H groups in total. The molecule has 0 saturated heterocycles. The number of aromatic nitrogens is 1. The molecule has 116 valence electrons. The van der Waals surface area contributed by atoms with Crippen molar-refractivity contribution in [1.82, 2.24) is 15.2 Å². The second-order valence-corrected chi connectivity index (χ2v) is 7.45. The molecule has 1 aromatic rings. The summed E-state index contributed by atoms with van der Waals surface area (Å²) in [5, 5.41) is 4.87. The predicted octanol–water partition coefficient (Wildman–Crippen LogP) is 3.74. The van der Waals surface area contributed by atoms with Crippen molar-refractivity contribution in [3.05, 3.63) is 15.6 Å². The first-order valence-corrected chi connectivity index (χ1v) is 8.54. The van der Waals surface area contributed by atoms with Crippen LogP contribution in [0.5, 0.6) is 0 Å². The molecule has 0 aliphatic carbocycles. The van der Waals surface area contributed by atoms with E-state index < -0.39 is 0 Å². The van der Waals surface area contributed by atoms with Gasteiger partial charge in [-0.1, -0.05) is 34.6 Å². The van der Waals surface area contributed by atoms with Crippen molar-refractivity contribution in [3.8, 4) is 0 Å². The normalized spacial score (nSPS) is 14.0. The van der Waals surface area contributed by atoms with E-state index in [4.69, 9.17) is 4.98 Å². The van der Waals surface area contributed by atoms with Crippen LogP contribution < -0.4 is 5.32 Å². The van der Waals surface area contributed by atoms with Crippen LogP contribution in [0.2, 0.25) is 0 Å². The summed E-state index contributed by atoms with van der Waals surface area (Å²) in [6, 6.07) is 0.388. The molecule has 0 spiro atoms. The van der Waals surface area contributed by atoms with Crippen molar-refractivity contribution >= 4 is 11.3 Å². The Morgan fingerprint density at radius 1 is 1.25 bits per heavy atom. The maximum absolute atomic E-state index is 4.75. The highest BCUT2D eigenvalue weighted by molar-refractivity contribution is 7.12. The van der Waals surface area contributed by atoms with Gasteiger partial charge in [0.1, 0.15) is 0 Å². The highest BCUT2D eigenvalue weighted by Gasteiger charge is 2.22. The molecule has 1 heterocycles. The first kappa shape index (κ1) is 17.6. The number of nitrogens with one attached hydrogen (secondary N) is 1. The minimum absolute atomic E-state index is 0.147. The molecule has 1 aromatic heterocycles. The van der Waals surface area contributed by atoms with Crippen LogP contribution in [-0.4, -0.2) is 36.1 Å². The Hall–Kier alpha value is -0.450. The molecule has 20 heavy (non-hydrogen) atoms. The van der Waals surface area contributed by atoms with Crippen LogP contribution in [0.1, 0.15) is 63.2 Å². The van der Waals surface area contributed by atoms with Crippen LogP contribution in [0.3, 0.4) is 0 Å². The van der Waals surface area contributed by atoms with Crippen LogP contribution >= 0.6 is 11.3 Å². The molecule has 0 aliphatic rings. The second-order valence-electron chi connectivity index (χ2n) is 6.42. The fourth-order valence-electron chi connectivity index (χ4n) is 2.20. The topological polar surface area (TPSA) is 28.2 Å². The Labute approximate surface area is 128 Å². The quantitative estimate of drug-likeness (QED) is 0.831. The molecular weight excluding hydrogens is 266 g/mol. The lowest BCUT2D eigenvalue weighted by molar-refractivity contribution is 0.298. The van der Waals surface area contributed by atoms with E-state index in [2.05, 4.69) is 58.7 Å². The number of hydrogen-bond donors (Lipinski definition) is 1. The molecule has 0 aromatic carbocycles. The molecule has 0 bridgehead atoms. The Kier molecular flexibility index (Phi) is 6.62. The van der Waals surface area contributed by atoms with Crippen LogP contribution in [-0.2, 0) is 5.41 Å².